The summed E-state index contributed by atoms with van der Waals surface area (Å²) in [6.07, 6.45) is -0.203. The quantitative estimate of drug-likeness (QED) is 0.599. The Morgan fingerprint density at radius 3 is 2.42 bits per heavy atom. The predicted octanol–water partition coefficient (Wildman–Crippen LogP) is 3.18. The average Bonchev–Trinajstić information content (AvgIpc) is 2.55. The highest BCUT2D eigenvalue weighted by Crippen LogP contribution is 2.24. The third-order valence-electron chi connectivity index (χ3n) is 3.46. The molecule has 0 unspecified atom stereocenters. The molecule has 0 fully saturated rings. The van der Waals surface area contributed by atoms with E-state index in [1.807, 2.05) is 6.07 Å². The van der Waals surface area contributed by atoms with Crippen LogP contribution >= 0.6 is 0 Å². The summed E-state index contributed by atoms with van der Waals surface area (Å²) in [5.74, 6) is -1.86. The van der Waals surface area contributed by atoms with E-state index in [4.69, 9.17) is 5.11 Å². The number of nitrogens with one attached hydrogen (secondary N) is 1. The number of carbonyl (C=O) groups excluding carboxylic acids is 1. The van der Waals surface area contributed by atoms with Crippen LogP contribution in [0.25, 0.3) is 0 Å². The lowest BCUT2D eigenvalue weighted by Crippen LogP contribution is -2.17. The van der Waals surface area contributed by atoms with E-state index in [-0.39, 0.29) is 18.5 Å². The summed E-state index contributed by atoms with van der Waals surface area (Å²) < 4.78 is 0. The Kier molecular flexibility index (Phi) is 5.62. The zero-order chi connectivity index (χ0) is 17.5. The number of non-ortho nitro benzene ring substituents is 1. The van der Waals surface area contributed by atoms with Crippen LogP contribution in [0.15, 0.2) is 54.6 Å². The molecular weight excluding hydrogens is 312 g/mol. The second-order valence-electron chi connectivity index (χ2n) is 5.27. The van der Waals surface area contributed by atoms with E-state index in [1.54, 1.807) is 30.3 Å². The SMILES string of the molecule is O=C(O)C[C@@H](CC(=O)Nc1cccc([N+](=O)[O-])c1)c1ccccc1. The molecule has 24 heavy (non-hydrogen) atoms. The topological polar surface area (TPSA) is 110 Å². The number of nitro groups is 1. The van der Waals surface area contributed by atoms with E-state index in [0.717, 1.165) is 5.56 Å². The van der Waals surface area contributed by atoms with Crippen LogP contribution in [0.4, 0.5) is 11.4 Å². The second kappa shape index (κ2) is 7.87. The van der Waals surface area contributed by atoms with Gasteiger partial charge in [0.1, 0.15) is 0 Å². The van der Waals surface area contributed by atoms with Crippen LogP contribution in [0.2, 0.25) is 0 Å². The molecule has 2 aromatic rings. The summed E-state index contributed by atoms with van der Waals surface area (Å²) in [6, 6.07) is 14.5. The number of aliphatic carboxylic acids is 1. The molecule has 7 heteroatoms. The molecule has 7 nitrogen and oxygen atoms in total. The van der Waals surface area contributed by atoms with Crippen molar-refractivity contribution >= 4 is 23.3 Å². The monoisotopic (exact) mass is 328 g/mol. The minimum Gasteiger partial charge on any atom is -0.481 e. The summed E-state index contributed by atoms with van der Waals surface area (Å²) >= 11 is 0. The number of amides is 1. The molecule has 1 amide bonds. The molecule has 2 N–H and O–H groups in total. The Hall–Kier alpha value is -3.22. The molecule has 0 bridgehead atoms. The summed E-state index contributed by atoms with van der Waals surface area (Å²) in [5.41, 5.74) is 0.934. The Labute approximate surface area is 138 Å². The van der Waals surface area contributed by atoms with Gasteiger partial charge in [0.25, 0.3) is 5.69 Å². The number of carboxylic acids is 1. The molecule has 2 aromatic carbocycles. The highest BCUT2D eigenvalue weighted by atomic mass is 16.6. The Balaban J connectivity index is 2.09. The average molecular weight is 328 g/mol. The van der Waals surface area contributed by atoms with Gasteiger partial charge in [-0.2, -0.15) is 0 Å². The van der Waals surface area contributed by atoms with Gasteiger partial charge < -0.3 is 10.4 Å². The Morgan fingerprint density at radius 1 is 1.08 bits per heavy atom. The number of hydrogen-bond acceptors (Lipinski definition) is 4. The van der Waals surface area contributed by atoms with Crippen LogP contribution in [0, 0.1) is 10.1 Å². The van der Waals surface area contributed by atoms with Gasteiger partial charge in [-0.1, -0.05) is 36.4 Å². The standard InChI is InChI=1S/C17H16N2O5/c20-16(18-14-7-4-8-15(11-14)19(23)24)9-13(10-17(21)22)12-5-2-1-3-6-12/h1-8,11,13H,9-10H2,(H,18,20)(H,21,22)/t13-/m1/s1. The van der Waals surface area contributed by atoms with E-state index >= 15 is 0 Å². The molecule has 0 radical (unpaired) electrons. The van der Waals surface area contributed by atoms with Crippen LogP contribution in [0.3, 0.4) is 0 Å². The fourth-order valence-electron chi connectivity index (χ4n) is 2.38. The third-order valence-corrected chi connectivity index (χ3v) is 3.46. The second-order valence-corrected chi connectivity index (χ2v) is 5.27. The molecule has 0 aliphatic heterocycles. The molecule has 0 saturated carbocycles. The fourth-order valence-corrected chi connectivity index (χ4v) is 2.38. The summed E-state index contributed by atoms with van der Waals surface area (Å²) in [6.45, 7) is 0. The highest BCUT2D eigenvalue weighted by Gasteiger charge is 2.19. The molecule has 0 aliphatic rings. The number of carbonyl (C=O) groups is 2. The smallest absolute Gasteiger partial charge is 0.303 e. The van der Waals surface area contributed by atoms with E-state index in [9.17, 15) is 19.7 Å². The van der Waals surface area contributed by atoms with Gasteiger partial charge in [0.05, 0.1) is 11.3 Å². The normalized spacial score (nSPS) is 11.5. The van der Waals surface area contributed by atoms with Crippen molar-refractivity contribution in [1.29, 1.82) is 0 Å². The van der Waals surface area contributed by atoms with Gasteiger partial charge in [0.2, 0.25) is 5.91 Å². The number of benzene rings is 2. The van der Waals surface area contributed by atoms with Crippen LogP contribution in [0.5, 0.6) is 0 Å². The first-order valence-electron chi connectivity index (χ1n) is 7.26. The number of nitro benzene ring substituents is 1. The van der Waals surface area contributed by atoms with Crippen LogP contribution < -0.4 is 5.32 Å². The van der Waals surface area contributed by atoms with E-state index < -0.39 is 22.7 Å². The molecule has 1 atom stereocenters. The zero-order valence-electron chi connectivity index (χ0n) is 12.7. The lowest BCUT2D eigenvalue weighted by atomic mass is 9.92. The summed E-state index contributed by atoms with van der Waals surface area (Å²) in [5, 5.41) is 22.4. The number of carboxylic acid groups (broad SMARTS) is 1. The lowest BCUT2D eigenvalue weighted by Gasteiger charge is -2.15. The van der Waals surface area contributed by atoms with Gasteiger partial charge in [-0.3, -0.25) is 19.7 Å². The maximum atomic E-state index is 12.2. The number of rotatable bonds is 7. The van der Waals surface area contributed by atoms with Crippen LogP contribution in [-0.4, -0.2) is 21.9 Å². The van der Waals surface area contributed by atoms with Crippen molar-refractivity contribution in [3.63, 3.8) is 0 Å². The highest BCUT2D eigenvalue weighted by molar-refractivity contribution is 5.91. The van der Waals surface area contributed by atoms with Crippen molar-refractivity contribution in [3.8, 4) is 0 Å². The first-order valence-corrected chi connectivity index (χ1v) is 7.26. The zero-order valence-corrected chi connectivity index (χ0v) is 12.7. The van der Waals surface area contributed by atoms with E-state index in [0.29, 0.717) is 5.69 Å². The molecular formula is C17H16N2O5. The molecule has 124 valence electrons. The minimum atomic E-state index is -0.994. The number of anilines is 1. The maximum absolute atomic E-state index is 12.2. The van der Waals surface area contributed by atoms with Crippen molar-refractivity contribution in [2.75, 3.05) is 5.32 Å². The Bertz CT molecular complexity index is 746. The predicted molar refractivity (Wildman–Crippen MR) is 87.8 cm³/mol. The molecule has 0 aliphatic carbocycles. The van der Waals surface area contributed by atoms with Gasteiger partial charge in [-0.25, -0.2) is 0 Å². The van der Waals surface area contributed by atoms with Crippen molar-refractivity contribution in [2.24, 2.45) is 0 Å². The first kappa shape index (κ1) is 17.1. The molecule has 0 saturated heterocycles. The maximum Gasteiger partial charge on any atom is 0.303 e. The molecule has 0 spiro atoms. The van der Waals surface area contributed by atoms with Crippen LogP contribution in [-0.2, 0) is 9.59 Å². The van der Waals surface area contributed by atoms with Crippen LogP contribution in [0.1, 0.15) is 24.3 Å². The van der Waals surface area contributed by atoms with Crippen molar-refractivity contribution in [2.45, 2.75) is 18.8 Å². The third kappa shape index (κ3) is 4.91. The van der Waals surface area contributed by atoms with E-state index in [1.165, 1.54) is 18.2 Å². The summed E-state index contributed by atoms with van der Waals surface area (Å²) in [7, 11) is 0. The van der Waals surface area contributed by atoms with Gasteiger partial charge in [-0.05, 0) is 11.6 Å². The van der Waals surface area contributed by atoms with E-state index in [2.05, 4.69) is 5.32 Å². The van der Waals surface area contributed by atoms with Crippen molar-refractivity contribution in [1.82, 2.24) is 0 Å². The number of hydrogen-bond donors (Lipinski definition) is 2. The lowest BCUT2D eigenvalue weighted by molar-refractivity contribution is -0.384. The van der Waals surface area contributed by atoms with Gasteiger partial charge in [-0.15, -0.1) is 0 Å². The van der Waals surface area contributed by atoms with Gasteiger partial charge >= 0.3 is 5.97 Å². The molecule has 2 rings (SSSR count). The Morgan fingerprint density at radius 2 is 1.79 bits per heavy atom. The largest absolute Gasteiger partial charge is 0.481 e. The summed E-state index contributed by atoms with van der Waals surface area (Å²) in [4.78, 5) is 33.4. The van der Waals surface area contributed by atoms with Crippen molar-refractivity contribution < 1.29 is 19.6 Å². The molecule has 0 aromatic heterocycles. The number of nitrogens with zero attached hydrogens (tertiary/aromatic N) is 1. The van der Waals surface area contributed by atoms with Crippen molar-refractivity contribution in [3.05, 3.63) is 70.3 Å². The first-order chi connectivity index (χ1) is 11.5. The van der Waals surface area contributed by atoms with Gasteiger partial charge in [0, 0.05) is 30.2 Å². The minimum absolute atomic E-state index is 0.0288. The molecule has 0 heterocycles. The fraction of sp³-hybridized carbons (Fsp3) is 0.176. The van der Waals surface area contributed by atoms with Gasteiger partial charge in [0.15, 0.2) is 0 Å².